The number of rotatable bonds is 1. The van der Waals surface area contributed by atoms with E-state index in [1.807, 2.05) is 0 Å². The van der Waals surface area contributed by atoms with Gasteiger partial charge in [0.05, 0.1) is 4.90 Å². The molecule has 1 rings (SSSR count). The molecule has 4 nitrogen and oxygen atoms in total. The molecule has 0 bridgehead atoms. The predicted molar refractivity (Wildman–Crippen MR) is 51.8 cm³/mol. The summed E-state index contributed by atoms with van der Waals surface area (Å²) in [5.41, 5.74) is 0.631. The molecule has 0 saturated carbocycles. The Labute approximate surface area is 82.4 Å². The Kier molecular flexibility index (Phi) is 3.25. The van der Waals surface area contributed by atoms with E-state index < -0.39 is 10.0 Å². The molecule has 0 saturated heterocycles. The van der Waals surface area contributed by atoms with Gasteiger partial charge in [0.15, 0.2) is 0 Å². The molecule has 0 radical (unpaired) electrons. The Morgan fingerprint density at radius 1 is 1.29 bits per heavy atom. The lowest BCUT2D eigenvalue weighted by atomic mass is 10.2. The van der Waals surface area contributed by atoms with Gasteiger partial charge in [0.1, 0.15) is 6.61 Å². The lowest BCUT2D eigenvalue weighted by Gasteiger charge is -1.96. The number of hydrogen-bond acceptors (Lipinski definition) is 3. The van der Waals surface area contributed by atoms with Gasteiger partial charge < -0.3 is 5.11 Å². The Morgan fingerprint density at radius 3 is 2.29 bits per heavy atom. The number of sulfonamides is 1. The van der Waals surface area contributed by atoms with E-state index in [9.17, 15) is 8.42 Å². The quantitative estimate of drug-likeness (QED) is 0.624. The van der Waals surface area contributed by atoms with Gasteiger partial charge in [-0.25, -0.2) is 13.6 Å². The van der Waals surface area contributed by atoms with Crippen molar-refractivity contribution in [3.8, 4) is 11.8 Å². The fraction of sp³-hybridized carbons (Fsp3) is 0.111. The van der Waals surface area contributed by atoms with Crippen LogP contribution in [0.5, 0.6) is 0 Å². The summed E-state index contributed by atoms with van der Waals surface area (Å²) in [6, 6.07) is 5.80. The SMILES string of the molecule is NS(=O)(=O)c1ccc(C#CCO)cc1. The Balaban J connectivity index is 3.01. The van der Waals surface area contributed by atoms with E-state index in [1.54, 1.807) is 0 Å². The van der Waals surface area contributed by atoms with Crippen LogP contribution in [0.3, 0.4) is 0 Å². The van der Waals surface area contributed by atoms with E-state index in [0.29, 0.717) is 5.56 Å². The smallest absolute Gasteiger partial charge is 0.238 e. The third-order valence-corrected chi connectivity index (χ3v) is 2.42. The Bertz CT molecular complexity index is 465. The molecule has 5 heteroatoms. The van der Waals surface area contributed by atoms with Crippen molar-refractivity contribution in [1.82, 2.24) is 0 Å². The van der Waals surface area contributed by atoms with Gasteiger partial charge in [-0.05, 0) is 24.3 Å². The average molecular weight is 211 g/mol. The summed E-state index contributed by atoms with van der Waals surface area (Å²) in [5, 5.41) is 13.3. The van der Waals surface area contributed by atoms with E-state index in [2.05, 4.69) is 11.8 Å². The second-order valence-electron chi connectivity index (χ2n) is 2.53. The minimum atomic E-state index is -3.64. The highest BCUT2D eigenvalue weighted by Crippen LogP contribution is 2.07. The molecule has 1 aromatic rings. The van der Waals surface area contributed by atoms with Crippen molar-refractivity contribution < 1.29 is 13.5 Å². The minimum Gasteiger partial charge on any atom is -0.384 e. The van der Waals surface area contributed by atoms with Crippen molar-refractivity contribution in [3.05, 3.63) is 29.8 Å². The molecule has 0 heterocycles. The third-order valence-electron chi connectivity index (χ3n) is 1.49. The van der Waals surface area contributed by atoms with E-state index in [1.165, 1.54) is 24.3 Å². The van der Waals surface area contributed by atoms with Crippen molar-refractivity contribution in [1.29, 1.82) is 0 Å². The van der Waals surface area contributed by atoms with Crippen LogP contribution in [0.4, 0.5) is 0 Å². The molecule has 0 aliphatic carbocycles. The van der Waals surface area contributed by atoms with Crippen molar-refractivity contribution in [2.75, 3.05) is 6.61 Å². The summed E-state index contributed by atoms with van der Waals surface area (Å²) >= 11 is 0. The molecule has 0 fully saturated rings. The van der Waals surface area contributed by atoms with E-state index in [0.717, 1.165) is 0 Å². The van der Waals surface area contributed by atoms with Gasteiger partial charge >= 0.3 is 0 Å². The molecule has 0 atom stereocenters. The third kappa shape index (κ3) is 2.85. The maximum atomic E-state index is 10.9. The van der Waals surface area contributed by atoms with Crippen LogP contribution in [-0.2, 0) is 10.0 Å². The minimum absolute atomic E-state index is 0.0482. The van der Waals surface area contributed by atoms with Gasteiger partial charge in [0, 0.05) is 5.56 Å². The summed E-state index contributed by atoms with van der Waals surface area (Å²) in [6.45, 7) is -0.225. The molecular weight excluding hydrogens is 202 g/mol. The topological polar surface area (TPSA) is 80.4 Å². The highest BCUT2D eigenvalue weighted by Gasteiger charge is 2.05. The fourth-order valence-corrected chi connectivity index (χ4v) is 1.38. The van der Waals surface area contributed by atoms with Gasteiger partial charge in [0.25, 0.3) is 0 Å². The molecule has 0 aliphatic heterocycles. The van der Waals surface area contributed by atoms with Crippen molar-refractivity contribution in [2.45, 2.75) is 4.90 Å². The number of aliphatic hydroxyl groups is 1. The van der Waals surface area contributed by atoms with Crippen LogP contribution < -0.4 is 5.14 Å². The van der Waals surface area contributed by atoms with Crippen LogP contribution in [0.15, 0.2) is 29.2 Å². The summed E-state index contributed by atoms with van der Waals surface area (Å²) in [4.78, 5) is 0.0482. The summed E-state index contributed by atoms with van der Waals surface area (Å²) in [5.74, 6) is 5.08. The molecule has 0 amide bonds. The van der Waals surface area contributed by atoms with Crippen LogP contribution in [0.2, 0.25) is 0 Å². The summed E-state index contributed by atoms with van der Waals surface area (Å²) < 4.78 is 21.7. The van der Waals surface area contributed by atoms with Crippen molar-refractivity contribution >= 4 is 10.0 Å². The first-order valence-corrected chi connectivity index (χ1v) is 5.31. The summed E-state index contributed by atoms with van der Waals surface area (Å²) in [7, 11) is -3.64. The lowest BCUT2D eigenvalue weighted by molar-refractivity contribution is 0.350. The Hall–Kier alpha value is -1.35. The van der Waals surface area contributed by atoms with Crippen molar-refractivity contribution in [2.24, 2.45) is 5.14 Å². The zero-order chi connectivity index (χ0) is 10.6. The maximum absolute atomic E-state index is 10.9. The fourth-order valence-electron chi connectivity index (χ4n) is 0.870. The number of hydrogen-bond donors (Lipinski definition) is 2. The average Bonchev–Trinajstić information content (AvgIpc) is 2.14. The number of benzene rings is 1. The predicted octanol–water partition coefficient (Wildman–Crippen LogP) is -0.322. The normalized spacial score (nSPS) is 10.4. The van der Waals surface area contributed by atoms with Crippen LogP contribution in [0.25, 0.3) is 0 Å². The van der Waals surface area contributed by atoms with Crippen LogP contribution in [0, 0.1) is 11.8 Å². The van der Waals surface area contributed by atoms with Crippen LogP contribution in [0.1, 0.15) is 5.56 Å². The van der Waals surface area contributed by atoms with E-state index in [4.69, 9.17) is 10.2 Å². The first-order valence-electron chi connectivity index (χ1n) is 3.76. The maximum Gasteiger partial charge on any atom is 0.238 e. The molecule has 0 spiro atoms. The molecule has 0 aromatic heterocycles. The molecular formula is C9H9NO3S. The first-order chi connectivity index (χ1) is 6.54. The van der Waals surface area contributed by atoms with Crippen LogP contribution >= 0.6 is 0 Å². The molecule has 3 N–H and O–H groups in total. The number of nitrogens with two attached hydrogens (primary N) is 1. The van der Waals surface area contributed by atoms with Gasteiger partial charge in [-0.15, -0.1) is 0 Å². The number of primary sulfonamides is 1. The summed E-state index contributed by atoms with van der Waals surface area (Å²) in [6.07, 6.45) is 0. The van der Waals surface area contributed by atoms with Crippen molar-refractivity contribution in [3.63, 3.8) is 0 Å². The molecule has 74 valence electrons. The molecule has 1 aromatic carbocycles. The largest absolute Gasteiger partial charge is 0.384 e. The Morgan fingerprint density at radius 2 is 1.86 bits per heavy atom. The monoisotopic (exact) mass is 211 g/mol. The number of aliphatic hydroxyl groups excluding tert-OH is 1. The molecule has 0 unspecified atom stereocenters. The second kappa shape index (κ2) is 4.24. The van der Waals surface area contributed by atoms with Gasteiger partial charge in [-0.2, -0.15) is 0 Å². The molecule has 0 aliphatic rings. The lowest BCUT2D eigenvalue weighted by Crippen LogP contribution is -2.11. The molecule has 14 heavy (non-hydrogen) atoms. The zero-order valence-electron chi connectivity index (χ0n) is 7.27. The highest BCUT2D eigenvalue weighted by atomic mass is 32.2. The second-order valence-corrected chi connectivity index (χ2v) is 4.09. The first kappa shape index (κ1) is 10.7. The van der Waals surface area contributed by atoms with Crippen LogP contribution in [-0.4, -0.2) is 20.1 Å². The standard InChI is InChI=1S/C9H9NO3S/c10-14(12,13)9-5-3-8(4-6-9)2-1-7-11/h3-6,11H,7H2,(H2,10,12,13). The van der Waals surface area contributed by atoms with Gasteiger partial charge in [-0.1, -0.05) is 11.8 Å². The van der Waals surface area contributed by atoms with Gasteiger partial charge in [0.2, 0.25) is 10.0 Å². The van der Waals surface area contributed by atoms with E-state index in [-0.39, 0.29) is 11.5 Å². The zero-order valence-corrected chi connectivity index (χ0v) is 8.08. The highest BCUT2D eigenvalue weighted by molar-refractivity contribution is 7.89. The van der Waals surface area contributed by atoms with E-state index >= 15 is 0 Å². The van der Waals surface area contributed by atoms with Gasteiger partial charge in [-0.3, -0.25) is 0 Å².